The second kappa shape index (κ2) is 2.86. The van der Waals surface area contributed by atoms with Crippen molar-refractivity contribution < 1.29 is 4.79 Å². The van der Waals surface area contributed by atoms with Crippen molar-refractivity contribution in [2.75, 3.05) is 0 Å². The highest BCUT2D eigenvalue weighted by Gasteiger charge is 1.91. The van der Waals surface area contributed by atoms with E-state index in [-0.39, 0.29) is 0 Å². The van der Waals surface area contributed by atoms with E-state index in [4.69, 9.17) is 5.26 Å². The first-order valence-corrected chi connectivity index (χ1v) is 2.22. The van der Waals surface area contributed by atoms with Gasteiger partial charge in [0.25, 0.3) is 0 Å². The molecule has 0 aromatic carbocycles. The minimum absolute atomic E-state index is 0.528. The molecule has 0 spiro atoms. The molecular weight excluding hydrogens is 146 g/mol. The fraction of sp³-hybridized carbons (Fsp3) is 0.333. The van der Waals surface area contributed by atoms with Gasteiger partial charge in [-0.2, -0.15) is 5.26 Å². The first-order chi connectivity index (χ1) is 2.81. The maximum atomic E-state index is 9.47. The lowest BCUT2D eigenvalue weighted by molar-refractivity contribution is -0.106. The summed E-state index contributed by atoms with van der Waals surface area (Å²) in [7, 11) is 0. The number of alkyl halides is 1. The van der Waals surface area contributed by atoms with E-state index in [2.05, 4.69) is 15.9 Å². The Kier molecular flexibility index (Phi) is 2.68. The van der Waals surface area contributed by atoms with Crippen LogP contribution in [0, 0.1) is 11.3 Å². The van der Waals surface area contributed by atoms with Gasteiger partial charge in [-0.05, 0) is 0 Å². The summed E-state index contributed by atoms with van der Waals surface area (Å²) < 4.78 is 0. The Morgan fingerprint density at radius 2 is 2.50 bits per heavy atom. The van der Waals surface area contributed by atoms with Crippen LogP contribution in [0.4, 0.5) is 0 Å². The van der Waals surface area contributed by atoms with Crippen LogP contribution in [0.1, 0.15) is 0 Å². The first-order valence-electron chi connectivity index (χ1n) is 1.30. The quantitative estimate of drug-likeness (QED) is 0.400. The van der Waals surface area contributed by atoms with Gasteiger partial charge in [0.1, 0.15) is 6.29 Å². The zero-order chi connectivity index (χ0) is 4.99. The van der Waals surface area contributed by atoms with Crippen LogP contribution in [-0.2, 0) is 4.79 Å². The van der Waals surface area contributed by atoms with Crippen molar-refractivity contribution in [1.29, 1.82) is 5.26 Å². The molecule has 0 aliphatic rings. The van der Waals surface area contributed by atoms with Crippen molar-refractivity contribution in [3.63, 3.8) is 0 Å². The Hall–Kier alpha value is -0.360. The number of nitrogens with zero attached hydrogens (tertiary/aromatic N) is 1. The van der Waals surface area contributed by atoms with Gasteiger partial charge in [-0.25, -0.2) is 0 Å². The molecule has 0 unspecified atom stereocenters. The molecule has 2 nitrogen and oxygen atoms in total. The SMILES string of the molecule is N#C[C@H](Br)C=O. The summed E-state index contributed by atoms with van der Waals surface area (Å²) >= 11 is 2.75. The number of carbonyl (C=O) groups excluding carboxylic acids is 1. The molecule has 0 aromatic heterocycles. The fourth-order valence-electron chi connectivity index (χ4n) is 0.0304. The third kappa shape index (κ3) is 1.91. The third-order valence-corrected chi connectivity index (χ3v) is 0.663. The summed E-state index contributed by atoms with van der Waals surface area (Å²) in [5, 5.41) is 7.81. The van der Waals surface area contributed by atoms with Crippen LogP contribution in [0.15, 0.2) is 0 Å². The molecule has 0 aromatic rings. The summed E-state index contributed by atoms with van der Waals surface area (Å²) in [5.74, 6) is 0. The maximum Gasteiger partial charge on any atom is 0.156 e. The monoisotopic (exact) mass is 147 g/mol. The van der Waals surface area contributed by atoms with E-state index in [1.54, 1.807) is 6.07 Å². The highest BCUT2D eigenvalue weighted by Crippen LogP contribution is 1.88. The lowest BCUT2D eigenvalue weighted by Crippen LogP contribution is -1.90. The summed E-state index contributed by atoms with van der Waals surface area (Å²) in [6, 6.07) is 1.66. The van der Waals surface area contributed by atoms with Crippen LogP contribution in [-0.4, -0.2) is 11.1 Å². The number of halogens is 1. The number of aldehydes is 1. The molecule has 1 atom stereocenters. The largest absolute Gasteiger partial charge is 0.301 e. The Labute approximate surface area is 43.9 Å². The molecule has 32 valence electrons. The molecule has 0 N–H and O–H groups in total. The number of nitriles is 1. The fourth-order valence-corrected chi connectivity index (χ4v) is 0.0304. The Morgan fingerprint density at radius 3 is 2.50 bits per heavy atom. The van der Waals surface area contributed by atoms with E-state index in [0.29, 0.717) is 6.29 Å². The van der Waals surface area contributed by atoms with Gasteiger partial charge in [-0.3, -0.25) is 0 Å². The zero-order valence-electron chi connectivity index (χ0n) is 2.89. The summed E-state index contributed by atoms with van der Waals surface area (Å²) in [4.78, 5) is 8.84. The van der Waals surface area contributed by atoms with Gasteiger partial charge in [0.15, 0.2) is 4.83 Å². The number of rotatable bonds is 1. The summed E-state index contributed by atoms with van der Waals surface area (Å²) in [6.45, 7) is 0. The van der Waals surface area contributed by atoms with Crippen molar-refractivity contribution >= 4 is 22.2 Å². The van der Waals surface area contributed by atoms with Crippen LogP contribution in [0.5, 0.6) is 0 Å². The first kappa shape index (κ1) is 5.64. The van der Waals surface area contributed by atoms with Gasteiger partial charge in [-0.15, -0.1) is 0 Å². The minimum Gasteiger partial charge on any atom is -0.301 e. The second-order valence-corrected chi connectivity index (χ2v) is 1.65. The van der Waals surface area contributed by atoms with E-state index in [0.717, 1.165) is 0 Å². The molecule has 0 aliphatic heterocycles. The Bertz CT molecular complexity index is 85.3. The number of carbonyl (C=O) groups is 1. The smallest absolute Gasteiger partial charge is 0.156 e. The van der Waals surface area contributed by atoms with Crippen LogP contribution < -0.4 is 0 Å². The standard InChI is InChI=1S/C3H2BrNO/c4-3(1-5)2-6/h2-3H/t3-/m0/s1. The molecular formula is C3H2BrNO. The third-order valence-electron chi connectivity index (χ3n) is 0.243. The number of hydrogen-bond donors (Lipinski definition) is 0. The average Bonchev–Trinajstić information content (AvgIpc) is 1.65. The van der Waals surface area contributed by atoms with Crippen LogP contribution >= 0.6 is 15.9 Å². The van der Waals surface area contributed by atoms with Crippen molar-refractivity contribution in [1.82, 2.24) is 0 Å². The molecule has 0 heterocycles. The van der Waals surface area contributed by atoms with Gasteiger partial charge in [0, 0.05) is 0 Å². The van der Waals surface area contributed by atoms with Crippen molar-refractivity contribution in [2.45, 2.75) is 4.83 Å². The molecule has 0 rings (SSSR count). The van der Waals surface area contributed by atoms with Gasteiger partial charge in [0.05, 0.1) is 6.07 Å². The molecule has 0 bridgehead atoms. The molecule has 0 fully saturated rings. The highest BCUT2D eigenvalue weighted by molar-refractivity contribution is 9.10. The molecule has 0 aliphatic carbocycles. The minimum atomic E-state index is -0.627. The van der Waals surface area contributed by atoms with Crippen LogP contribution in [0.25, 0.3) is 0 Å². The van der Waals surface area contributed by atoms with Gasteiger partial charge in [0.2, 0.25) is 0 Å². The molecule has 0 saturated carbocycles. The Balaban J connectivity index is 3.30. The lowest BCUT2D eigenvalue weighted by Gasteiger charge is -1.73. The number of hydrogen-bond acceptors (Lipinski definition) is 2. The van der Waals surface area contributed by atoms with E-state index >= 15 is 0 Å². The second-order valence-electron chi connectivity index (χ2n) is 0.667. The van der Waals surface area contributed by atoms with E-state index in [1.165, 1.54) is 0 Å². The molecule has 0 saturated heterocycles. The normalized spacial score (nSPS) is 12.0. The van der Waals surface area contributed by atoms with Gasteiger partial charge >= 0.3 is 0 Å². The zero-order valence-corrected chi connectivity index (χ0v) is 4.47. The lowest BCUT2D eigenvalue weighted by atomic mass is 10.5. The molecule has 6 heavy (non-hydrogen) atoms. The van der Waals surface area contributed by atoms with Crippen molar-refractivity contribution in [2.24, 2.45) is 0 Å². The predicted octanol–water partition coefficient (Wildman–Crippen LogP) is 0.472. The molecule has 0 radical (unpaired) electrons. The van der Waals surface area contributed by atoms with Crippen molar-refractivity contribution in [3.05, 3.63) is 0 Å². The van der Waals surface area contributed by atoms with Crippen molar-refractivity contribution in [3.8, 4) is 6.07 Å². The average molecular weight is 148 g/mol. The summed E-state index contributed by atoms with van der Waals surface area (Å²) in [5.41, 5.74) is 0. The highest BCUT2D eigenvalue weighted by atomic mass is 79.9. The van der Waals surface area contributed by atoms with E-state index < -0.39 is 4.83 Å². The topological polar surface area (TPSA) is 40.9 Å². The van der Waals surface area contributed by atoms with E-state index in [9.17, 15) is 4.79 Å². The van der Waals surface area contributed by atoms with E-state index in [1.807, 2.05) is 0 Å². The van der Waals surface area contributed by atoms with Crippen LogP contribution in [0.3, 0.4) is 0 Å². The maximum absolute atomic E-state index is 9.47. The van der Waals surface area contributed by atoms with Crippen LogP contribution in [0.2, 0.25) is 0 Å². The van der Waals surface area contributed by atoms with Gasteiger partial charge in [-0.1, -0.05) is 15.9 Å². The van der Waals surface area contributed by atoms with Gasteiger partial charge < -0.3 is 4.79 Å². The Morgan fingerprint density at radius 1 is 2.00 bits per heavy atom. The molecule has 0 amide bonds. The molecule has 3 heteroatoms. The summed E-state index contributed by atoms with van der Waals surface area (Å²) in [6.07, 6.45) is 0.528. The predicted molar refractivity (Wildman–Crippen MR) is 24.4 cm³/mol.